The average Bonchev–Trinajstić information content (AvgIpc) is 2.60. The molecule has 1 N–H and O–H groups in total. The van der Waals surface area contributed by atoms with E-state index in [1.54, 1.807) is 0 Å². The third-order valence-electron chi connectivity index (χ3n) is 4.73. The van der Waals surface area contributed by atoms with Crippen molar-refractivity contribution in [1.29, 1.82) is 0 Å². The first kappa shape index (κ1) is 16.6. The van der Waals surface area contributed by atoms with Crippen molar-refractivity contribution < 1.29 is 0 Å². The standard InChI is InChI=1S/C22H28N2/c1-17-11-10-12-18(2)22(17)23-19(3)24(20-13-6-4-7-14-20)21-15-8-5-9-16-21/h6,8,10-16,19,23H,4-5,7,9H2,1-3H3. The van der Waals surface area contributed by atoms with Gasteiger partial charge in [-0.05, 0) is 69.7 Å². The molecule has 2 nitrogen and oxygen atoms in total. The van der Waals surface area contributed by atoms with Crippen molar-refractivity contribution in [2.45, 2.75) is 52.6 Å². The van der Waals surface area contributed by atoms with Gasteiger partial charge in [0.25, 0.3) is 0 Å². The predicted octanol–water partition coefficient (Wildman–Crippen LogP) is 5.83. The van der Waals surface area contributed by atoms with Gasteiger partial charge in [-0.2, -0.15) is 0 Å². The molecule has 2 aliphatic carbocycles. The molecule has 24 heavy (non-hydrogen) atoms. The van der Waals surface area contributed by atoms with Crippen LogP contribution in [0.3, 0.4) is 0 Å². The lowest BCUT2D eigenvalue weighted by molar-refractivity contribution is 0.377. The highest BCUT2D eigenvalue weighted by atomic mass is 15.3. The second-order valence-corrected chi connectivity index (χ2v) is 6.67. The van der Waals surface area contributed by atoms with E-state index in [0.717, 1.165) is 25.7 Å². The number of nitrogens with one attached hydrogen (secondary N) is 1. The van der Waals surface area contributed by atoms with Gasteiger partial charge in [0.05, 0.1) is 0 Å². The lowest BCUT2D eigenvalue weighted by atomic mass is 10.1. The topological polar surface area (TPSA) is 15.3 Å². The van der Waals surface area contributed by atoms with Crippen molar-refractivity contribution in [2.75, 3.05) is 5.32 Å². The Morgan fingerprint density at radius 1 is 0.875 bits per heavy atom. The molecule has 3 rings (SSSR count). The summed E-state index contributed by atoms with van der Waals surface area (Å²) >= 11 is 0. The third kappa shape index (κ3) is 3.64. The van der Waals surface area contributed by atoms with E-state index in [-0.39, 0.29) is 6.17 Å². The van der Waals surface area contributed by atoms with Crippen molar-refractivity contribution >= 4 is 5.69 Å². The number of benzene rings is 1. The van der Waals surface area contributed by atoms with Gasteiger partial charge >= 0.3 is 0 Å². The van der Waals surface area contributed by atoms with Crippen LogP contribution in [0.25, 0.3) is 0 Å². The number of anilines is 1. The van der Waals surface area contributed by atoms with E-state index in [1.807, 2.05) is 0 Å². The molecule has 0 saturated carbocycles. The number of aryl methyl sites for hydroxylation is 2. The molecule has 1 atom stereocenters. The molecule has 0 bridgehead atoms. The van der Waals surface area contributed by atoms with Gasteiger partial charge in [0.15, 0.2) is 0 Å². The van der Waals surface area contributed by atoms with E-state index >= 15 is 0 Å². The van der Waals surface area contributed by atoms with Crippen LogP contribution in [0.5, 0.6) is 0 Å². The Morgan fingerprint density at radius 2 is 1.42 bits per heavy atom. The van der Waals surface area contributed by atoms with Crippen LogP contribution in [0, 0.1) is 13.8 Å². The van der Waals surface area contributed by atoms with Crippen LogP contribution < -0.4 is 5.32 Å². The fourth-order valence-electron chi connectivity index (χ4n) is 3.47. The Hall–Kier alpha value is -2.22. The summed E-state index contributed by atoms with van der Waals surface area (Å²) in [5.74, 6) is 0. The van der Waals surface area contributed by atoms with Gasteiger partial charge in [-0.1, -0.05) is 42.5 Å². The summed E-state index contributed by atoms with van der Waals surface area (Å²) in [6, 6.07) is 6.47. The highest BCUT2D eigenvalue weighted by molar-refractivity contribution is 5.57. The average molecular weight is 320 g/mol. The van der Waals surface area contributed by atoms with Crippen LogP contribution in [-0.2, 0) is 0 Å². The molecule has 0 spiro atoms. The number of hydrogen-bond donors (Lipinski definition) is 1. The van der Waals surface area contributed by atoms with Gasteiger partial charge in [0.2, 0.25) is 0 Å². The van der Waals surface area contributed by atoms with Crippen LogP contribution >= 0.6 is 0 Å². The molecule has 1 unspecified atom stereocenters. The van der Waals surface area contributed by atoms with Crippen LogP contribution in [0.2, 0.25) is 0 Å². The maximum absolute atomic E-state index is 3.75. The Morgan fingerprint density at radius 3 is 1.88 bits per heavy atom. The quantitative estimate of drug-likeness (QED) is 0.686. The summed E-state index contributed by atoms with van der Waals surface area (Å²) in [7, 11) is 0. The van der Waals surface area contributed by atoms with Gasteiger partial charge in [0.1, 0.15) is 6.17 Å². The number of para-hydroxylation sites is 1. The van der Waals surface area contributed by atoms with Gasteiger partial charge in [0, 0.05) is 17.1 Å². The van der Waals surface area contributed by atoms with Crippen molar-refractivity contribution in [3.8, 4) is 0 Å². The molecule has 0 aromatic heterocycles. The molecule has 0 aliphatic heterocycles. The fraction of sp³-hybridized carbons (Fsp3) is 0.364. The molecule has 0 radical (unpaired) electrons. The van der Waals surface area contributed by atoms with Crippen LogP contribution in [0.4, 0.5) is 5.69 Å². The van der Waals surface area contributed by atoms with Crippen LogP contribution in [0.1, 0.15) is 43.7 Å². The highest BCUT2D eigenvalue weighted by Gasteiger charge is 2.20. The van der Waals surface area contributed by atoms with E-state index in [0.29, 0.717) is 0 Å². The molecule has 1 aromatic carbocycles. The second-order valence-electron chi connectivity index (χ2n) is 6.67. The normalized spacial score (nSPS) is 18.0. The zero-order valence-corrected chi connectivity index (χ0v) is 15.0. The molecule has 2 aliphatic rings. The molecule has 0 heterocycles. The Bertz CT molecular complexity index is 654. The minimum absolute atomic E-state index is 0.188. The molecular weight excluding hydrogens is 292 g/mol. The van der Waals surface area contributed by atoms with Crippen molar-refractivity contribution in [3.05, 3.63) is 77.2 Å². The Labute approximate surface area is 146 Å². The maximum atomic E-state index is 3.75. The Kier molecular flexibility index (Phi) is 5.24. The molecule has 1 aromatic rings. The van der Waals surface area contributed by atoms with E-state index in [1.165, 1.54) is 28.2 Å². The maximum Gasteiger partial charge on any atom is 0.101 e. The van der Waals surface area contributed by atoms with Crippen molar-refractivity contribution in [2.24, 2.45) is 0 Å². The van der Waals surface area contributed by atoms with Gasteiger partial charge in [-0.15, -0.1) is 0 Å². The van der Waals surface area contributed by atoms with Crippen LogP contribution in [0.15, 0.2) is 66.0 Å². The highest BCUT2D eigenvalue weighted by Crippen LogP contribution is 2.28. The zero-order valence-electron chi connectivity index (χ0n) is 15.0. The zero-order chi connectivity index (χ0) is 16.9. The largest absolute Gasteiger partial charge is 0.365 e. The summed E-state index contributed by atoms with van der Waals surface area (Å²) in [6.45, 7) is 6.59. The van der Waals surface area contributed by atoms with Crippen LogP contribution in [-0.4, -0.2) is 11.1 Å². The number of rotatable bonds is 5. The van der Waals surface area contributed by atoms with Crippen molar-refractivity contribution in [1.82, 2.24) is 4.90 Å². The summed E-state index contributed by atoms with van der Waals surface area (Å²) in [6.07, 6.45) is 18.5. The molecule has 2 heteroatoms. The molecular formula is C22H28N2. The first-order valence-electron chi connectivity index (χ1n) is 9.02. The smallest absolute Gasteiger partial charge is 0.101 e. The molecule has 0 amide bonds. The first-order chi connectivity index (χ1) is 11.7. The molecule has 0 fully saturated rings. The van der Waals surface area contributed by atoms with Gasteiger partial charge in [-0.3, -0.25) is 0 Å². The third-order valence-corrected chi connectivity index (χ3v) is 4.73. The van der Waals surface area contributed by atoms with Gasteiger partial charge in [-0.25, -0.2) is 0 Å². The summed E-state index contributed by atoms with van der Waals surface area (Å²) < 4.78 is 0. The monoisotopic (exact) mass is 320 g/mol. The van der Waals surface area contributed by atoms with Crippen molar-refractivity contribution in [3.63, 3.8) is 0 Å². The number of allylic oxidation sites excluding steroid dienone is 6. The molecule has 126 valence electrons. The van der Waals surface area contributed by atoms with E-state index in [9.17, 15) is 0 Å². The fourth-order valence-corrected chi connectivity index (χ4v) is 3.47. The summed E-state index contributed by atoms with van der Waals surface area (Å²) in [5, 5.41) is 3.75. The first-order valence-corrected chi connectivity index (χ1v) is 9.02. The SMILES string of the molecule is Cc1cccc(C)c1NC(C)N(C1=CCCC=C1)C1=CCCC=C1. The second kappa shape index (κ2) is 7.57. The lowest BCUT2D eigenvalue weighted by Crippen LogP contribution is -2.37. The van der Waals surface area contributed by atoms with E-state index < -0.39 is 0 Å². The Balaban J connectivity index is 1.90. The number of hydrogen-bond acceptors (Lipinski definition) is 2. The predicted molar refractivity (Wildman–Crippen MR) is 104 cm³/mol. The summed E-state index contributed by atoms with van der Waals surface area (Å²) in [4.78, 5) is 2.43. The van der Waals surface area contributed by atoms with Gasteiger partial charge < -0.3 is 10.2 Å². The van der Waals surface area contributed by atoms with E-state index in [2.05, 4.69) is 85.6 Å². The van der Waals surface area contributed by atoms with E-state index in [4.69, 9.17) is 0 Å². The minimum atomic E-state index is 0.188. The minimum Gasteiger partial charge on any atom is -0.365 e. The summed E-state index contributed by atoms with van der Waals surface area (Å²) in [5.41, 5.74) is 6.43. The number of nitrogens with zero attached hydrogens (tertiary/aromatic N) is 1. The molecule has 0 saturated heterocycles. The lowest BCUT2D eigenvalue weighted by Gasteiger charge is -2.36.